The SMILES string of the molecule is CC(=O)OC(C)=O.CC[C@@H](C(=O)[C@@H](C)[C@@H](O)[C@H](C)[C@@H]1O[C@@H]([C@@H](CC)C(C)=O)CC[C@@H]1C)[C@H]1O[C@]2(C=C[C@@H](O)[C@]3(CC[C@@](C)([C@H]4CC[C@](O)(CC)[C@H](C)O4)O3)O2)[C@H](C)C[C@@H]1C.CC[C@@H](C(=O)[C@@H](C)[C@@H](O)[C@H](C)[C@@H]1O[C@@H]([C@@H](CC)C(C)=O)CC[C@@H]1C)[C@H]1O[C@]2(C=C[C@@H](OC(C)=O)[C@]3(CC[C@@](C)([C@H]4CC[C@](O)(CC)[C@H](C)O4)O3)O2)[C@H](C)C[C@@H]1C. The Labute approximate surface area is 693 Å². The van der Waals surface area contributed by atoms with E-state index in [0.29, 0.717) is 96.3 Å². The standard InChI is InChI=1S/C45H74O11.C43H72O10.C4H6O3/c1-13-33(30(9)46)35-17-16-25(4)40(53-35)29(8)38(48)28(7)39(49)34(14-2)41-26(5)24-27(6)44(54-41)21-19-37(52-32(11)47)45(56-44)23-22-42(12,55-45)36-18-20-43(50,15-3)31(10)51-36;1-12-31(29(9)44)33-16-15-24(4)38(50-33)28(8)36(46)27(7)37(47)32(13-2)39-25(5)23-26(6)42(51-39)20-17-34(45)43(53-42)22-21-40(11,52-43)35-18-19-41(48,14-3)30(10)49-35;1-3(5)7-4(2)6/h19,21,25-29,31,33-38,40-41,48,50H,13-18,20,22-24H2,1-12H3;17,20,24-28,30-36,38-39,45-46,48H,12-16,18-19,21-23H2,1-11H3;1-2H3/t25-,26-,27+,28-,29-,31-,33-,34-,35+,36+,37+,38+,40+,41-,42-,43+,44-,45-;24-,25-,26+,27-,28-,30-,31-,32-,33+,34+,35+,36+,38+,39-,40-,41+,42-,43-;/m00./s1. The lowest BCUT2D eigenvalue weighted by Gasteiger charge is -2.54. The molecule has 0 saturated carbocycles. The molecule has 36 atom stereocenters. The van der Waals surface area contributed by atoms with E-state index in [2.05, 4.69) is 46.3 Å². The minimum Gasteiger partial charge on any atom is -0.453 e. The van der Waals surface area contributed by atoms with Crippen molar-refractivity contribution in [3.63, 3.8) is 0 Å². The van der Waals surface area contributed by atoms with Crippen LogP contribution in [0.3, 0.4) is 0 Å². The predicted molar refractivity (Wildman–Crippen MR) is 435 cm³/mol. The molecule has 5 N–H and O–H groups in total. The van der Waals surface area contributed by atoms with E-state index in [-0.39, 0.29) is 131 Å². The Morgan fingerprint density at radius 2 is 0.819 bits per heavy atom. The van der Waals surface area contributed by atoms with Gasteiger partial charge in [0, 0.05) is 92.8 Å². The summed E-state index contributed by atoms with van der Waals surface area (Å²) in [7, 11) is 0. The van der Waals surface area contributed by atoms with Crippen molar-refractivity contribution in [2.75, 3.05) is 0 Å². The third-order valence-electron chi connectivity index (χ3n) is 29.9. The first-order valence-corrected chi connectivity index (χ1v) is 44.7. The zero-order chi connectivity index (χ0) is 86.7. The number of carbonyl (C=O) groups is 7. The second-order valence-electron chi connectivity index (χ2n) is 38.0. The van der Waals surface area contributed by atoms with Crippen molar-refractivity contribution in [3.05, 3.63) is 24.3 Å². The second-order valence-corrected chi connectivity index (χ2v) is 38.0. The zero-order valence-electron chi connectivity index (χ0n) is 75.1. The molecule has 8 fully saturated rings. The highest BCUT2D eigenvalue weighted by Gasteiger charge is 2.67. The van der Waals surface area contributed by atoms with Crippen LogP contribution >= 0.6 is 0 Å². The van der Waals surface area contributed by atoms with E-state index in [0.717, 1.165) is 32.1 Å². The maximum Gasteiger partial charge on any atom is 0.310 e. The average Bonchev–Trinajstić information content (AvgIpc) is 1.33. The summed E-state index contributed by atoms with van der Waals surface area (Å²) in [5.41, 5.74) is -3.29. The summed E-state index contributed by atoms with van der Waals surface area (Å²) in [5, 5.41) is 57.2. The maximum absolute atomic E-state index is 14.6. The lowest BCUT2D eigenvalue weighted by atomic mass is 9.72. The predicted octanol–water partition coefficient (Wildman–Crippen LogP) is 14.1. The van der Waals surface area contributed by atoms with Crippen LogP contribution < -0.4 is 0 Å². The van der Waals surface area contributed by atoms with Gasteiger partial charge in [0.25, 0.3) is 0 Å². The topological polar surface area (TPSA) is 331 Å². The Morgan fingerprint density at radius 1 is 0.448 bits per heavy atom. The van der Waals surface area contributed by atoms with Crippen molar-refractivity contribution in [1.82, 2.24) is 0 Å². The number of ether oxygens (including phenoxy) is 12. The molecule has 10 aliphatic rings. The molecule has 0 amide bonds. The summed E-state index contributed by atoms with van der Waals surface area (Å²) in [4.78, 5) is 85.9. The number of rotatable bonds is 25. The van der Waals surface area contributed by atoms with Crippen molar-refractivity contribution >= 4 is 41.0 Å². The molecule has 0 aromatic carbocycles. The molecule has 0 aromatic rings. The molecule has 8 saturated heterocycles. The van der Waals surface area contributed by atoms with Crippen LogP contribution in [-0.4, -0.2) is 198 Å². The monoisotopic (exact) mass is 1640 g/mol. The average molecular weight is 1640 g/mol. The highest BCUT2D eigenvalue weighted by Crippen LogP contribution is 2.58. The Kier molecular flexibility index (Phi) is 33.1. The third kappa shape index (κ3) is 20.6. The van der Waals surface area contributed by atoms with Gasteiger partial charge in [0.05, 0.1) is 95.7 Å². The molecule has 10 aliphatic heterocycles. The van der Waals surface area contributed by atoms with Gasteiger partial charge in [-0.05, 0) is 205 Å². The van der Waals surface area contributed by atoms with E-state index in [4.69, 9.17) is 52.1 Å². The number of aliphatic hydroxyl groups is 5. The van der Waals surface area contributed by atoms with Gasteiger partial charge in [-0.1, -0.05) is 111 Å². The molecule has 10 heterocycles. The normalized spacial score (nSPS) is 42.9. The molecule has 0 radical (unpaired) electrons. The molecule has 24 nitrogen and oxygen atoms in total. The van der Waals surface area contributed by atoms with Gasteiger partial charge in [-0.2, -0.15) is 0 Å². The van der Waals surface area contributed by atoms with Crippen LogP contribution in [-0.2, 0) is 90.4 Å². The Hall–Kier alpha value is -3.83. The van der Waals surface area contributed by atoms with Gasteiger partial charge < -0.3 is 82.4 Å². The fourth-order valence-corrected chi connectivity index (χ4v) is 21.9. The highest BCUT2D eigenvalue weighted by molar-refractivity contribution is 5.85. The molecule has 0 unspecified atom stereocenters. The summed E-state index contributed by atoms with van der Waals surface area (Å²) >= 11 is 0. The van der Waals surface area contributed by atoms with Crippen LogP contribution in [0.2, 0.25) is 0 Å². The lowest BCUT2D eigenvalue weighted by Crippen LogP contribution is -2.63. The molecular formula is C92H152O24. The van der Waals surface area contributed by atoms with E-state index in [1.807, 2.05) is 115 Å². The fraction of sp³-hybridized carbons (Fsp3) is 0.880. The van der Waals surface area contributed by atoms with Crippen LogP contribution in [0.1, 0.15) is 302 Å². The first kappa shape index (κ1) is 97.6. The number of hydrogen-bond donors (Lipinski definition) is 5. The number of aliphatic hydroxyl groups excluding tert-OH is 3. The molecule has 0 aromatic heterocycles. The van der Waals surface area contributed by atoms with Gasteiger partial charge >= 0.3 is 17.9 Å². The fourth-order valence-electron chi connectivity index (χ4n) is 21.9. The first-order valence-electron chi connectivity index (χ1n) is 44.7. The van der Waals surface area contributed by atoms with Crippen LogP contribution in [0.25, 0.3) is 0 Å². The van der Waals surface area contributed by atoms with Crippen LogP contribution in [0.5, 0.6) is 0 Å². The van der Waals surface area contributed by atoms with E-state index >= 15 is 0 Å². The van der Waals surface area contributed by atoms with Gasteiger partial charge in [0.15, 0.2) is 17.7 Å². The molecule has 0 bridgehead atoms. The van der Waals surface area contributed by atoms with Gasteiger partial charge in [-0.3, -0.25) is 33.6 Å². The molecular weight excluding hydrogens is 1490 g/mol. The van der Waals surface area contributed by atoms with Crippen molar-refractivity contribution in [3.8, 4) is 0 Å². The molecule has 664 valence electrons. The smallest absolute Gasteiger partial charge is 0.310 e. The van der Waals surface area contributed by atoms with Crippen LogP contribution in [0, 0.1) is 82.9 Å². The largest absolute Gasteiger partial charge is 0.453 e. The van der Waals surface area contributed by atoms with E-state index < -0.39 is 124 Å². The molecule has 116 heavy (non-hydrogen) atoms. The van der Waals surface area contributed by atoms with Crippen molar-refractivity contribution in [2.24, 2.45) is 82.9 Å². The van der Waals surface area contributed by atoms with Crippen LogP contribution in [0.15, 0.2) is 24.3 Å². The first-order chi connectivity index (χ1) is 54.1. The number of ketones is 4. The van der Waals surface area contributed by atoms with Gasteiger partial charge in [0.2, 0.25) is 11.6 Å². The van der Waals surface area contributed by atoms with Gasteiger partial charge in [-0.25, -0.2) is 0 Å². The van der Waals surface area contributed by atoms with Crippen molar-refractivity contribution in [2.45, 2.75) is 433 Å². The molecule has 4 spiro atoms. The van der Waals surface area contributed by atoms with Gasteiger partial charge in [0.1, 0.15) is 29.2 Å². The molecule has 10 rings (SSSR count). The minimum atomic E-state index is -1.36. The molecule has 24 heteroatoms. The number of hydrogen-bond acceptors (Lipinski definition) is 24. The van der Waals surface area contributed by atoms with Crippen molar-refractivity contribution < 1.29 is 116 Å². The highest BCUT2D eigenvalue weighted by atomic mass is 16.8. The summed E-state index contributed by atoms with van der Waals surface area (Å²) in [6, 6.07) is 0. The lowest BCUT2D eigenvalue weighted by molar-refractivity contribution is -0.409. The Balaban J connectivity index is 0.000000268. The van der Waals surface area contributed by atoms with E-state index in [1.54, 1.807) is 19.9 Å². The number of esters is 3. The zero-order valence-corrected chi connectivity index (χ0v) is 75.1. The van der Waals surface area contributed by atoms with E-state index in [9.17, 15) is 59.1 Å². The summed E-state index contributed by atoms with van der Waals surface area (Å²) in [5.74, 6) is -9.76. The van der Waals surface area contributed by atoms with Gasteiger partial charge in [-0.15, -0.1) is 0 Å². The summed E-state index contributed by atoms with van der Waals surface area (Å²) in [6.45, 7) is 47.0. The second kappa shape index (κ2) is 39.4. The molecule has 0 aliphatic carbocycles. The Morgan fingerprint density at radius 3 is 1.16 bits per heavy atom. The quantitative estimate of drug-likeness (QED) is 0.0322. The Bertz CT molecular complexity index is 3390. The maximum atomic E-state index is 14.6. The number of carbonyl (C=O) groups excluding carboxylic acids is 7. The summed E-state index contributed by atoms with van der Waals surface area (Å²) in [6.07, 6.45) is 13.3. The third-order valence-corrected chi connectivity index (χ3v) is 29.9. The van der Waals surface area contributed by atoms with E-state index in [1.165, 1.54) is 20.8 Å². The number of Topliss-reactive ketones (excluding diaryl/α,β-unsaturated/α-hetero) is 4. The summed E-state index contributed by atoms with van der Waals surface area (Å²) < 4.78 is 77.7. The van der Waals surface area contributed by atoms with Crippen molar-refractivity contribution in [1.29, 1.82) is 0 Å². The van der Waals surface area contributed by atoms with Crippen LogP contribution in [0.4, 0.5) is 0 Å². The minimum absolute atomic E-state index is 0.00894.